The van der Waals surface area contributed by atoms with Crippen LogP contribution in [0.15, 0.2) is 213 Å². The first-order valence-corrected chi connectivity index (χ1v) is 20.2. The van der Waals surface area contributed by atoms with Crippen LogP contribution in [0.4, 0.5) is 0 Å². The summed E-state index contributed by atoms with van der Waals surface area (Å²) >= 11 is 0. The topological polar surface area (TPSA) is 38.7 Å². The molecular weight excluding hydrogens is 715 g/mol. The van der Waals surface area contributed by atoms with Crippen LogP contribution >= 0.6 is 0 Å². The molecule has 2 aliphatic carbocycles. The second-order valence-electron chi connectivity index (χ2n) is 15.5. The summed E-state index contributed by atoms with van der Waals surface area (Å²) in [5.41, 5.74) is 19.3. The molecule has 0 bridgehead atoms. The zero-order valence-electron chi connectivity index (χ0n) is 32.0. The van der Waals surface area contributed by atoms with E-state index in [0.717, 1.165) is 44.8 Å². The second-order valence-corrected chi connectivity index (χ2v) is 15.5. The number of hydrogen-bond acceptors (Lipinski definition) is 3. The van der Waals surface area contributed by atoms with Crippen molar-refractivity contribution in [2.24, 2.45) is 0 Å². The Hall–Kier alpha value is -7.75. The fraction of sp³-hybridized carbons (Fsp3) is 0.0179. The predicted octanol–water partition coefficient (Wildman–Crippen LogP) is 13.7. The molecule has 0 aliphatic heterocycles. The number of hydrogen-bond donors (Lipinski definition) is 0. The van der Waals surface area contributed by atoms with E-state index in [9.17, 15) is 0 Å². The van der Waals surface area contributed by atoms with E-state index in [-0.39, 0.29) is 0 Å². The largest absolute Gasteiger partial charge is 0.265 e. The van der Waals surface area contributed by atoms with Crippen molar-refractivity contribution in [3.8, 4) is 78.4 Å². The smallest absolute Gasteiger partial charge is 0.160 e. The number of pyridine rings is 1. The van der Waals surface area contributed by atoms with Crippen LogP contribution in [-0.4, -0.2) is 15.0 Å². The molecule has 8 aromatic carbocycles. The lowest BCUT2D eigenvalue weighted by atomic mass is 9.70. The van der Waals surface area contributed by atoms with E-state index in [4.69, 9.17) is 9.97 Å². The van der Waals surface area contributed by atoms with Crippen LogP contribution in [-0.2, 0) is 5.41 Å². The van der Waals surface area contributed by atoms with Gasteiger partial charge in [-0.25, -0.2) is 9.97 Å². The molecule has 2 aromatic heterocycles. The molecule has 0 atom stereocenters. The van der Waals surface area contributed by atoms with Gasteiger partial charge in [-0.05, 0) is 108 Å². The maximum absolute atomic E-state index is 5.42. The second kappa shape index (κ2) is 13.2. The van der Waals surface area contributed by atoms with Crippen molar-refractivity contribution in [1.82, 2.24) is 15.0 Å². The first-order chi connectivity index (χ1) is 29.2. The lowest BCUT2D eigenvalue weighted by Gasteiger charge is -2.30. The zero-order chi connectivity index (χ0) is 38.9. The summed E-state index contributed by atoms with van der Waals surface area (Å²) in [6, 6.07) is 72.5. The maximum Gasteiger partial charge on any atom is 0.160 e. The van der Waals surface area contributed by atoms with Gasteiger partial charge < -0.3 is 0 Å². The van der Waals surface area contributed by atoms with Crippen LogP contribution in [0.3, 0.4) is 0 Å². The molecule has 0 unspecified atom stereocenters. The van der Waals surface area contributed by atoms with Crippen LogP contribution in [0.1, 0.15) is 22.3 Å². The molecule has 59 heavy (non-hydrogen) atoms. The summed E-state index contributed by atoms with van der Waals surface area (Å²) < 4.78 is 0. The van der Waals surface area contributed by atoms with E-state index in [2.05, 4.69) is 193 Å². The fourth-order valence-electron chi connectivity index (χ4n) is 9.81. The minimum absolute atomic E-state index is 0.453. The van der Waals surface area contributed by atoms with Gasteiger partial charge in [0.05, 0.1) is 16.8 Å². The number of fused-ring (bicyclic) bond motifs is 11. The molecule has 0 saturated carbocycles. The molecule has 274 valence electrons. The Morgan fingerprint density at radius 2 is 0.814 bits per heavy atom. The van der Waals surface area contributed by atoms with Crippen LogP contribution < -0.4 is 0 Å². The van der Waals surface area contributed by atoms with Gasteiger partial charge in [-0.3, -0.25) is 4.98 Å². The van der Waals surface area contributed by atoms with Crippen LogP contribution in [0.2, 0.25) is 0 Å². The molecule has 2 aliphatic rings. The molecule has 10 aromatic rings. The molecule has 0 amide bonds. The van der Waals surface area contributed by atoms with Crippen molar-refractivity contribution >= 4 is 10.8 Å². The minimum Gasteiger partial charge on any atom is -0.265 e. The number of benzene rings is 8. The van der Waals surface area contributed by atoms with Crippen LogP contribution in [0.25, 0.3) is 89.2 Å². The molecule has 3 nitrogen and oxygen atoms in total. The van der Waals surface area contributed by atoms with Crippen molar-refractivity contribution in [3.63, 3.8) is 0 Å². The zero-order valence-corrected chi connectivity index (χ0v) is 32.0. The standard InChI is InChI=1S/C56H35N3/c1-2-15-43-38(11-1)12-10-19-44(43)40-13-9-14-41(33-40)54-35-53(39-25-23-36(24-26-39)37-29-31-57-32-30-37)58-55(59-54)42-27-28-48-47-18-5-8-22-51(47)56(52(48)34-42)49-20-6-3-16-45(49)46-17-4-7-21-50(46)56/h1-35H. The normalized spacial score (nSPS) is 12.9. The van der Waals surface area contributed by atoms with Crippen molar-refractivity contribution in [2.45, 2.75) is 5.41 Å². The summed E-state index contributed by atoms with van der Waals surface area (Å²) in [6.07, 6.45) is 3.67. The molecule has 3 heteroatoms. The highest BCUT2D eigenvalue weighted by atomic mass is 14.9. The summed E-state index contributed by atoms with van der Waals surface area (Å²) in [7, 11) is 0. The van der Waals surface area contributed by atoms with Crippen molar-refractivity contribution in [2.75, 3.05) is 0 Å². The van der Waals surface area contributed by atoms with E-state index in [1.54, 1.807) is 0 Å². The third kappa shape index (κ3) is 5.11. The highest BCUT2D eigenvalue weighted by Gasteiger charge is 2.51. The first-order valence-electron chi connectivity index (χ1n) is 20.2. The van der Waals surface area contributed by atoms with Crippen molar-refractivity contribution in [1.29, 1.82) is 0 Å². The molecule has 12 rings (SSSR count). The Morgan fingerprint density at radius 3 is 1.53 bits per heavy atom. The maximum atomic E-state index is 5.42. The van der Waals surface area contributed by atoms with Gasteiger partial charge in [-0.15, -0.1) is 0 Å². The van der Waals surface area contributed by atoms with Gasteiger partial charge in [0.1, 0.15) is 0 Å². The SMILES string of the molecule is c1cc(-c2cc(-c3ccc(-c4ccncc4)cc3)nc(-c3ccc4c(c3)C3(c5ccccc5-c5ccccc53)c3ccccc3-4)n2)cc(-c2cccc3ccccc23)c1. The first kappa shape index (κ1) is 33.4. The van der Waals surface area contributed by atoms with Gasteiger partial charge in [0.25, 0.3) is 0 Å². The Labute approximate surface area is 343 Å². The van der Waals surface area contributed by atoms with Crippen molar-refractivity contribution < 1.29 is 0 Å². The highest BCUT2D eigenvalue weighted by Crippen LogP contribution is 2.63. The summed E-state index contributed by atoms with van der Waals surface area (Å²) in [5.74, 6) is 0.694. The summed E-state index contributed by atoms with van der Waals surface area (Å²) in [4.78, 5) is 15.0. The van der Waals surface area contributed by atoms with Gasteiger partial charge in [0.2, 0.25) is 0 Å². The lowest BCUT2D eigenvalue weighted by molar-refractivity contribution is 0.794. The summed E-state index contributed by atoms with van der Waals surface area (Å²) in [6.45, 7) is 0. The van der Waals surface area contributed by atoms with E-state index in [0.29, 0.717) is 5.82 Å². The van der Waals surface area contributed by atoms with E-state index >= 15 is 0 Å². The van der Waals surface area contributed by atoms with Crippen LogP contribution in [0, 0.1) is 0 Å². The Morgan fingerprint density at radius 1 is 0.305 bits per heavy atom. The van der Waals surface area contributed by atoms with E-state index < -0.39 is 5.41 Å². The molecular formula is C56H35N3. The molecule has 0 saturated heterocycles. The molecule has 1 spiro atoms. The Kier molecular flexibility index (Phi) is 7.45. The van der Waals surface area contributed by atoms with Crippen LogP contribution in [0.5, 0.6) is 0 Å². The van der Waals surface area contributed by atoms with Gasteiger partial charge in [-0.2, -0.15) is 0 Å². The Balaban J connectivity index is 1.06. The summed E-state index contributed by atoms with van der Waals surface area (Å²) in [5, 5.41) is 2.45. The van der Waals surface area contributed by atoms with Gasteiger partial charge in [0, 0.05) is 29.1 Å². The molecule has 0 N–H and O–H groups in total. The molecule has 2 heterocycles. The molecule has 0 fully saturated rings. The van der Waals surface area contributed by atoms with Gasteiger partial charge >= 0.3 is 0 Å². The average Bonchev–Trinajstić information content (AvgIpc) is 3.79. The number of rotatable bonds is 5. The highest BCUT2D eigenvalue weighted by molar-refractivity contribution is 5.98. The third-order valence-corrected chi connectivity index (χ3v) is 12.4. The lowest BCUT2D eigenvalue weighted by Crippen LogP contribution is -2.25. The quantitative estimate of drug-likeness (QED) is 0.176. The molecule has 0 radical (unpaired) electrons. The Bertz CT molecular complexity index is 3210. The number of nitrogens with zero attached hydrogens (tertiary/aromatic N) is 3. The minimum atomic E-state index is -0.453. The average molecular weight is 750 g/mol. The third-order valence-electron chi connectivity index (χ3n) is 12.4. The predicted molar refractivity (Wildman–Crippen MR) is 241 cm³/mol. The number of aromatic nitrogens is 3. The van der Waals surface area contributed by atoms with E-state index in [1.165, 1.54) is 60.8 Å². The van der Waals surface area contributed by atoms with Gasteiger partial charge in [-0.1, -0.05) is 170 Å². The monoisotopic (exact) mass is 749 g/mol. The fourth-order valence-corrected chi connectivity index (χ4v) is 9.81. The van der Waals surface area contributed by atoms with E-state index in [1.807, 2.05) is 24.5 Å². The van der Waals surface area contributed by atoms with Gasteiger partial charge in [0.15, 0.2) is 5.82 Å². The van der Waals surface area contributed by atoms with Crippen molar-refractivity contribution in [3.05, 3.63) is 235 Å².